The first-order valence-electron chi connectivity index (χ1n) is 6.44. The van der Waals surface area contributed by atoms with E-state index in [-0.39, 0.29) is 17.9 Å². The van der Waals surface area contributed by atoms with Crippen LogP contribution >= 0.6 is 0 Å². The molecule has 0 bridgehead atoms. The van der Waals surface area contributed by atoms with Gasteiger partial charge in [-0.3, -0.25) is 5.41 Å². The average molecular weight is 240 g/mol. The second-order valence-corrected chi connectivity index (χ2v) is 4.94. The molecule has 1 rings (SSSR count). The van der Waals surface area contributed by atoms with E-state index in [0.717, 1.165) is 32.4 Å². The number of carbonyl (C=O) groups is 1. The second-order valence-electron chi connectivity index (χ2n) is 4.94. The van der Waals surface area contributed by atoms with E-state index < -0.39 is 0 Å². The number of rotatable bonds is 4. The first kappa shape index (κ1) is 13.8. The van der Waals surface area contributed by atoms with E-state index in [4.69, 9.17) is 11.1 Å². The molecular weight excluding hydrogens is 216 g/mol. The van der Waals surface area contributed by atoms with Gasteiger partial charge < -0.3 is 16.0 Å². The number of amidine groups is 1. The highest BCUT2D eigenvalue weighted by atomic mass is 16.2. The smallest absolute Gasteiger partial charge is 0.317 e. The number of piperidine rings is 1. The molecule has 4 N–H and O–H groups in total. The van der Waals surface area contributed by atoms with E-state index in [9.17, 15) is 4.79 Å². The predicted molar refractivity (Wildman–Crippen MR) is 69.1 cm³/mol. The molecule has 1 heterocycles. The van der Waals surface area contributed by atoms with Crippen molar-refractivity contribution in [3.8, 4) is 0 Å². The molecule has 5 nitrogen and oxygen atoms in total. The van der Waals surface area contributed by atoms with E-state index >= 15 is 0 Å². The largest absolute Gasteiger partial charge is 0.386 e. The normalized spacial score (nSPS) is 22.0. The minimum Gasteiger partial charge on any atom is -0.386 e. The van der Waals surface area contributed by atoms with E-state index in [0.29, 0.717) is 5.92 Å². The number of urea groups is 1. The summed E-state index contributed by atoms with van der Waals surface area (Å²) in [6.07, 6.45) is 3.88. The molecule has 0 aliphatic carbocycles. The number of nitrogens with two attached hydrogens (primary N) is 1. The first-order valence-corrected chi connectivity index (χ1v) is 6.44. The van der Waals surface area contributed by atoms with Crippen LogP contribution in [0.4, 0.5) is 4.79 Å². The Balaban J connectivity index is 2.48. The Labute approximate surface area is 103 Å². The van der Waals surface area contributed by atoms with Gasteiger partial charge in [-0.1, -0.05) is 20.3 Å². The van der Waals surface area contributed by atoms with Crippen molar-refractivity contribution in [2.24, 2.45) is 11.7 Å². The van der Waals surface area contributed by atoms with Crippen molar-refractivity contribution in [2.45, 2.75) is 45.6 Å². The van der Waals surface area contributed by atoms with Crippen LogP contribution < -0.4 is 11.1 Å². The van der Waals surface area contributed by atoms with Gasteiger partial charge in [-0.05, 0) is 25.2 Å². The zero-order valence-electron chi connectivity index (χ0n) is 10.8. The number of nitrogens with one attached hydrogen (secondary N) is 2. The van der Waals surface area contributed by atoms with Crippen LogP contribution in [0.2, 0.25) is 0 Å². The molecule has 0 aromatic carbocycles. The first-order chi connectivity index (χ1) is 8.04. The summed E-state index contributed by atoms with van der Waals surface area (Å²) in [6, 6.07) is -0.394. The molecule has 1 saturated heterocycles. The number of amides is 2. The molecule has 2 amide bonds. The highest BCUT2D eigenvalue weighted by Crippen LogP contribution is 2.15. The Morgan fingerprint density at radius 3 is 2.88 bits per heavy atom. The Hall–Kier alpha value is -1.26. The van der Waals surface area contributed by atoms with Crippen molar-refractivity contribution in [3.63, 3.8) is 0 Å². The molecule has 1 aliphatic heterocycles. The van der Waals surface area contributed by atoms with Crippen LogP contribution in [-0.4, -0.2) is 35.9 Å². The van der Waals surface area contributed by atoms with Gasteiger partial charge in [0.25, 0.3) is 0 Å². The summed E-state index contributed by atoms with van der Waals surface area (Å²) in [7, 11) is 0. The molecule has 0 saturated carbocycles. The van der Waals surface area contributed by atoms with Crippen molar-refractivity contribution in [2.75, 3.05) is 13.1 Å². The zero-order valence-corrected chi connectivity index (χ0v) is 10.8. The summed E-state index contributed by atoms with van der Waals surface area (Å²) >= 11 is 0. The van der Waals surface area contributed by atoms with Crippen molar-refractivity contribution in [3.05, 3.63) is 0 Å². The van der Waals surface area contributed by atoms with Gasteiger partial charge in [-0.15, -0.1) is 0 Å². The molecular formula is C12H24N4O. The summed E-state index contributed by atoms with van der Waals surface area (Å²) in [5.41, 5.74) is 5.48. The fourth-order valence-electron chi connectivity index (χ4n) is 2.21. The summed E-state index contributed by atoms with van der Waals surface area (Å²) < 4.78 is 0. The van der Waals surface area contributed by atoms with Crippen LogP contribution in [0.15, 0.2) is 0 Å². The number of likely N-dealkylation sites (tertiary alicyclic amines) is 1. The van der Waals surface area contributed by atoms with Crippen molar-refractivity contribution in [1.82, 2.24) is 10.2 Å². The molecule has 5 heteroatoms. The van der Waals surface area contributed by atoms with Gasteiger partial charge >= 0.3 is 6.03 Å². The third-order valence-electron chi connectivity index (χ3n) is 3.19. The fraction of sp³-hybridized carbons (Fsp3) is 0.833. The topological polar surface area (TPSA) is 82.2 Å². The summed E-state index contributed by atoms with van der Waals surface area (Å²) in [4.78, 5) is 13.8. The van der Waals surface area contributed by atoms with Crippen molar-refractivity contribution in [1.29, 1.82) is 5.41 Å². The molecule has 17 heavy (non-hydrogen) atoms. The van der Waals surface area contributed by atoms with Crippen LogP contribution in [0.5, 0.6) is 0 Å². The lowest BCUT2D eigenvalue weighted by molar-refractivity contribution is 0.168. The fourth-order valence-corrected chi connectivity index (χ4v) is 2.21. The lowest BCUT2D eigenvalue weighted by atomic mass is 10.0. The molecule has 1 aliphatic rings. The SMILES string of the molecule is CCCC(NC(=O)N1CCCC(C)C1)C(=N)N. The molecule has 2 atom stereocenters. The van der Waals surface area contributed by atoms with Gasteiger partial charge in [-0.25, -0.2) is 4.79 Å². The van der Waals surface area contributed by atoms with E-state index in [1.807, 2.05) is 11.8 Å². The minimum absolute atomic E-state index is 0.0465. The highest BCUT2D eigenvalue weighted by molar-refractivity contribution is 5.87. The third-order valence-corrected chi connectivity index (χ3v) is 3.19. The Morgan fingerprint density at radius 2 is 2.35 bits per heavy atom. The lowest BCUT2D eigenvalue weighted by Crippen LogP contribution is -2.51. The summed E-state index contributed by atoms with van der Waals surface area (Å²) in [6.45, 7) is 5.80. The van der Waals surface area contributed by atoms with Gasteiger partial charge in [0.2, 0.25) is 0 Å². The van der Waals surface area contributed by atoms with Crippen LogP contribution in [0, 0.1) is 11.3 Å². The van der Waals surface area contributed by atoms with Gasteiger partial charge in [0.05, 0.1) is 6.04 Å². The van der Waals surface area contributed by atoms with Crippen LogP contribution in [0.25, 0.3) is 0 Å². The van der Waals surface area contributed by atoms with Gasteiger partial charge in [0, 0.05) is 13.1 Å². The molecule has 0 aromatic rings. The predicted octanol–water partition coefficient (Wildman–Crippen LogP) is 1.53. The molecule has 2 unspecified atom stereocenters. The highest BCUT2D eigenvalue weighted by Gasteiger charge is 2.23. The van der Waals surface area contributed by atoms with Crippen LogP contribution in [0.3, 0.4) is 0 Å². The average Bonchev–Trinajstić information content (AvgIpc) is 2.28. The number of carbonyl (C=O) groups excluding carboxylic acids is 1. The van der Waals surface area contributed by atoms with Gasteiger partial charge in [0.1, 0.15) is 5.84 Å². The second kappa shape index (κ2) is 6.47. The summed E-state index contributed by atoms with van der Waals surface area (Å²) in [5.74, 6) is 0.613. The lowest BCUT2D eigenvalue weighted by Gasteiger charge is -2.32. The number of nitrogens with zero attached hydrogens (tertiary/aromatic N) is 1. The Morgan fingerprint density at radius 1 is 1.65 bits per heavy atom. The van der Waals surface area contributed by atoms with Crippen molar-refractivity contribution < 1.29 is 4.79 Å². The molecule has 0 aromatic heterocycles. The number of hydrogen-bond acceptors (Lipinski definition) is 2. The van der Waals surface area contributed by atoms with E-state index in [1.54, 1.807) is 0 Å². The maximum atomic E-state index is 12.0. The van der Waals surface area contributed by atoms with Crippen molar-refractivity contribution >= 4 is 11.9 Å². The standard InChI is InChI=1S/C12H24N4O/c1-3-5-10(11(13)14)15-12(17)16-7-4-6-9(2)8-16/h9-10H,3-8H2,1-2H3,(H3,13,14)(H,15,17). The van der Waals surface area contributed by atoms with Gasteiger partial charge in [0.15, 0.2) is 0 Å². The monoisotopic (exact) mass is 240 g/mol. The van der Waals surface area contributed by atoms with E-state index in [1.165, 1.54) is 6.42 Å². The molecule has 1 fully saturated rings. The van der Waals surface area contributed by atoms with Crippen LogP contribution in [-0.2, 0) is 0 Å². The minimum atomic E-state index is -0.315. The summed E-state index contributed by atoms with van der Waals surface area (Å²) in [5, 5.41) is 10.3. The van der Waals surface area contributed by atoms with Gasteiger partial charge in [-0.2, -0.15) is 0 Å². The molecule has 0 spiro atoms. The Kier molecular flexibility index (Phi) is 5.25. The maximum Gasteiger partial charge on any atom is 0.317 e. The third kappa shape index (κ3) is 4.24. The quantitative estimate of drug-likeness (QED) is 0.514. The maximum absolute atomic E-state index is 12.0. The van der Waals surface area contributed by atoms with E-state index in [2.05, 4.69) is 12.2 Å². The zero-order chi connectivity index (χ0) is 12.8. The number of hydrogen-bond donors (Lipinski definition) is 3. The van der Waals surface area contributed by atoms with Crippen LogP contribution in [0.1, 0.15) is 39.5 Å². The molecule has 0 radical (unpaired) electrons. The molecule has 98 valence electrons. The Bertz CT molecular complexity index is 280.